The van der Waals surface area contributed by atoms with Gasteiger partial charge in [0, 0.05) is 47.3 Å². The predicted molar refractivity (Wildman–Crippen MR) is 114 cm³/mol. The van der Waals surface area contributed by atoms with E-state index in [0.717, 1.165) is 31.5 Å². The molecule has 2 fully saturated rings. The standard InChI is InChI=1S/C23H27N5O3/c1-22(2,3)21-24-19(26-31-21)15-5-7-16(8-6-15)20(29)27-13-23(14-27)11-17(12-23)28-10-9-18(25-28)30-4/h5-10,17H,11-14H2,1-4H3. The topological polar surface area (TPSA) is 86.3 Å². The summed E-state index contributed by atoms with van der Waals surface area (Å²) in [5.41, 5.74) is 1.57. The number of carbonyl (C=O) groups is 1. The van der Waals surface area contributed by atoms with E-state index in [9.17, 15) is 4.79 Å². The molecule has 0 radical (unpaired) electrons. The maximum Gasteiger partial charge on any atom is 0.253 e. The van der Waals surface area contributed by atoms with Crippen LogP contribution in [-0.2, 0) is 5.41 Å². The number of likely N-dealkylation sites (tertiary alicyclic amines) is 1. The van der Waals surface area contributed by atoms with E-state index in [2.05, 4.69) is 15.2 Å². The van der Waals surface area contributed by atoms with Gasteiger partial charge in [0.2, 0.25) is 17.6 Å². The minimum Gasteiger partial charge on any atom is -0.480 e. The van der Waals surface area contributed by atoms with Crippen LogP contribution in [0.3, 0.4) is 0 Å². The third kappa shape index (κ3) is 3.49. The van der Waals surface area contributed by atoms with Gasteiger partial charge in [-0.2, -0.15) is 4.98 Å². The Morgan fingerprint density at radius 1 is 1.16 bits per heavy atom. The molecule has 2 aliphatic rings. The first-order chi connectivity index (χ1) is 14.8. The SMILES string of the molecule is COc1ccn(C2CC3(C2)CN(C(=O)c2ccc(-c4noc(C(C)(C)C)n4)cc2)C3)n1. The molecule has 0 N–H and O–H groups in total. The number of benzene rings is 1. The van der Waals surface area contributed by atoms with E-state index in [-0.39, 0.29) is 16.7 Å². The number of amides is 1. The Labute approximate surface area is 181 Å². The highest BCUT2D eigenvalue weighted by molar-refractivity contribution is 5.95. The first-order valence-corrected chi connectivity index (χ1v) is 10.6. The van der Waals surface area contributed by atoms with E-state index in [1.54, 1.807) is 7.11 Å². The zero-order valence-electron chi connectivity index (χ0n) is 18.3. The maximum absolute atomic E-state index is 12.9. The third-order valence-corrected chi connectivity index (χ3v) is 6.30. The van der Waals surface area contributed by atoms with Crippen LogP contribution in [0.25, 0.3) is 11.4 Å². The summed E-state index contributed by atoms with van der Waals surface area (Å²) < 4.78 is 12.5. The molecule has 3 heterocycles. The van der Waals surface area contributed by atoms with Crippen molar-refractivity contribution in [2.24, 2.45) is 5.41 Å². The Morgan fingerprint density at radius 2 is 1.87 bits per heavy atom. The van der Waals surface area contributed by atoms with Crippen molar-refractivity contribution in [1.29, 1.82) is 0 Å². The van der Waals surface area contributed by atoms with Gasteiger partial charge in [-0.1, -0.05) is 38.1 Å². The molecule has 0 unspecified atom stereocenters. The van der Waals surface area contributed by atoms with Gasteiger partial charge < -0.3 is 14.2 Å². The summed E-state index contributed by atoms with van der Waals surface area (Å²) in [7, 11) is 1.63. The summed E-state index contributed by atoms with van der Waals surface area (Å²) in [5.74, 6) is 1.86. The molecule has 1 aromatic carbocycles. The molecule has 31 heavy (non-hydrogen) atoms. The van der Waals surface area contributed by atoms with Crippen LogP contribution in [0.5, 0.6) is 5.88 Å². The number of hydrogen-bond acceptors (Lipinski definition) is 6. The molecule has 0 atom stereocenters. The zero-order valence-corrected chi connectivity index (χ0v) is 18.3. The summed E-state index contributed by atoms with van der Waals surface area (Å²) in [6, 6.07) is 9.72. The molecule has 1 saturated heterocycles. The summed E-state index contributed by atoms with van der Waals surface area (Å²) in [6.07, 6.45) is 4.07. The zero-order chi connectivity index (χ0) is 21.8. The van der Waals surface area contributed by atoms with Crippen molar-refractivity contribution in [2.45, 2.75) is 45.1 Å². The normalized spacial score (nSPS) is 18.0. The molecular weight excluding hydrogens is 394 g/mol. The number of methoxy groups -OCH3 is 1. The number of nitrogens with zero attached hydrogens (tertiary/aromatic N) is 5. The van der Waals surface area contributed by atoms with Gasteiger partial charge in [-0.25, -0.2) is 0 Å². The van der Waals surface area contributed by atoms with Crippen LogP contribution < -0.4 is 4.74 Å². The lowest BCUT2D eigenvalue weighted by Crippen LogP contribution is -2.63. The van der Waals surface area contributed by atoms with Crippen molar-refractivity contribution in [1.82, 2.24) is 24.8 Å². The second-order valence-electron chi connectivity index (χ2n) is 9.81. The monoisotopic (exact) mass is 421 g/mol. The Kier molecular flexibility index (Phi) is 4.42. The minimum atomic E-state index is -0.196. The van der Waals surface area contributed by atoms with E-state index in [0.29, 0.717) is 29.2 Å². The Morgan fingerprint density at radius 3 is 2.45 bits per heavy atom. The molecule has 5 rings (SSSR count). The molecule has 0 bridgehead atoms. The first kappa shape index (κ1) is 19.8. The average molecular weight is 422 g/mol. The van der Waals surface area contributed by atoms with Crippen molar-refractivity contribution in [3.05, 3.63) is 48.0 Å². The molecule has 3 aromatic rings. The molecule has 1 aliphatic carbocycles. The number of hydrogen-bond donors (Lipinski definition) is 0. The van der Waals surface area contributed by atoms with E-state index in [1.807, 2.05) is 66.9 Å². The summed E-state index contributed by atoms with van der Waals surface area (Å²) in [5, 5.41) is 8.49. The van der Waals surface area contributed by atoms with Gasteiger partial charge in [0.25, 0.3) is 5.91 Å². The molecule has 162 valence electrons. The lowest BCUT2D eigenvalue weighted by Gasteiger charge is -2.58. The minimum absolute atomic E-state index is 0.0740. The van der Waals surface area contributed by atoms with Crippen molar-refractivity contribution >= 4 is 5.91 Å². The fraction of sp³-hybridized carbons (Fsp3) is 0.478. The van der Waals surface area contributed by atoms with Gasteiger partial charge in [-0.3, -0.25) is 9.48 Å². The maximum atomic E-state index is 12.9. The van der Waals surface area contributed by atoms with Gasteiger partial charge in [0.15, 0.2) is 0 Å². The van der Waals surface area contributed by atoms with Crippen LogP contribution >= 0.6 is 0 Å². The summed E-state index contributed by atoms with van der Waals surface area (Å²) in [6.45, 7) is 7.71. The van der Waals surface area contributed by atoms with E-state index in [1.165, 1.54) is 0 Å². The lowest BCUT2D eigenvalue weighted by atomic mass is 9.60. The predicted octanol–water partition coefficient (Wildman–Crippen LogP) is 3.72. The average Bonchev–Trinajstić information content (AvgIpc) is 3.35. The number of aromatic nitrogens is 4. The highest BCUT2D eigenvalue weighted by Crippen LogP contribution is 2.54. The van der Waals surface area contributed by atoms with Gasteiger partial charge >= 0.3 is 0 Å². The fourth-order valence-electron chi connectivity index (χ4n) is 4.51. The number of ether oxygens (including phenoxy) is 1. The molecule has 1 saturated carbocycles. The number of rotatable bonds is 4. The van der Waals surface area contributed by atoms with Gasteiger partial charge in [0.1, 0.15) is 0 Å². The van der Waals surface area contributed by atoms with Crippen molar-refractivity contribution in [3.8, 4) is 17.3 Å². The first-order valence-electron chi connectivity index (χ1n) is 10.6. The lowest BCUT2D eigenvalue weighted by molar-refractivity contribution is -0.0739. The van der Waals surface area contributed by atoms with Crippen molar-refractivity contribution in [2.75, 3.05) is 20.2 Å². The second kappa shape index (κ2) is 6.93. The molecule has 2 aromatic heterocycles. The largest absolute Gasteiger partial charge is 0.480 e. The molecule has 1 amide bonds. The number of carbonyl (C=O) groups excluding carboxylic acids is 1. The second-order valence-corrected chi connectivity index (χ2v) is 9.81. The Bertz CT molecular complexity index is 1090. The summed E-state index contributed by atoms with van der Waals surface area (Å²) >= 11 is 0. The molecule has 1 aliphatic heterocycles. The Balaban J connectivity index is 1.18. The van der Waals surface area contributed by atoms with Gasteiger partial charge in [0.05, 0.1) is 13.2 Å². The molecular formula is C23H27N5O3. The van der Waals surface area contributed by atoms with Crippen LogP contribution in [0.1, 0.15) is 55.9 Å². The molecule has 1 spiro atoms. The van der Waals surface area contributed by atoms with E-state index in [4.69, 9.17) is 9.26 Å². The quantitative estimate of drug-likeness (QED) is 0.638. The molecule has 8 nitrogen and oxygen atoms in total. The van der Waals surface area contributed by atoms with Crippen molar-refractivity contribution in [3.63, 3.8) is 0 Å². The Hall–Kier alpha value is -3.16. The van der Waals surface area contributed by atoms with Crippen LogP contribution in [0.4, 0.5) is 0 Å². The van der Waals surface area contributed by atoms with Crippen LogP contribution in [0.15, 0.2) is 41.1 Å². The van der Waals surface area contributed by atoms with E-state index < -0.39 is 0 Å². The van der Waals surface area contributed by atoms with Gasteiger partial charge in [-0.05, 0) is 25.0 Å². The van der Waals surface area contributed by atoms with Gasteiger partial charge in [-0.15, -0.1) is 5.10 Å². The summed E-state index contributed by atoms with van der Waals surface area (Å²) in [4.78, 5) is 19.3. The highest BCUT2D eigenvalue weighted by Gasteiger charge is 2.54. The third-order valence-electron chi connectivity index (χ3n) is 6.30. The van der Waals surface area contributed by atoms with Crippen molar-refractivity contribution < 1.29 is 14.1 Å². The van der Waals surface area contributed by atoms with Crippen LogP contribution in [-0.4, -0.2) is 50.9 Å². The molecule has 8 heteroatoms. The smallest absolute Gasteiger partial charge is 0.253 e. The van der Waals surface area contributed by atoms with E-state index >= 15 is 0 Å². The highest BCUT2D eigenvalue weighted by atomic mass is 16.5. The fourth-order valence-corrected chi connectivity index (χ4v) is 4.51. The van der Waals surface area contributed by atoms with Crippen LogP contribution in [0.2, 0.25) is 0 Å². The van der Waals surface area contributed by atoms with Crippen LogP contribution in [0, 0.1) is 5.41 Å².